The Hall–Kier alpha value is -3.29. The van der Waals surface area contributed by atoms with Gasteiger partial charge in [0.05, 0.1) is 13.2 Å². The van der Waals surface area contributed by atoms with Gasteiger partial charge in [0, 0.05) is 66.3 Å². The molecule has 2 fully saturated rings. The van der Waals surface area contributed by atoms with E-state index in [9.17, 15) is 4.79 Å². The van der Waals surface area contributed by atoms with Crippen LogP contribution in [0, 0.1) is 5.41 Å². The van der Waals surface area contributed by atoms with Crippen LogP contribution in [-0.2, 0) is 16.1 Å². The Morgan fingerprint density at radius 1 is 1.23 bits per heavy atom. The minimum absolute atomic E-state index is 0.234. The summed E-state index contributed by atoms with van der Waals surface area (Å²) in [5.41, 5.74) is 9.60. The van der Waals surface area contributed by atoms with Gasteiger partial charge in [-0.3, -0.25) is 14.7 Å². The smallest absolute Gasteiger partial charge is 0.248 e. The fourth-order valence-electron chi connectivity index (χ4n) is 4.24. The summed E-state index contributed by atoms with van der Waals surface area (Å²) >= 11 is 0. The summed E-state index contributed by atoms with van der Waals surface area (Å²) < 4.78 is 5.66. The van der Waals surface area contributed by atoms with Crippen LogP contribution in [0.15, 0.2) is 55.0 Å². The Bertz CT molecular complexity index is 983. The molecule has 1 amide bonds. The normalized spacial score (nSPS) is 21.4. The molecule has 0 radical (unpaired) electrons. The maximum absolute atomic E-state index is 12.4. The Kier molecular flexibility index (Phi) is 6.54. The number of nitrogens with two attached hydrogens (primary N) is 1. The van der Waals surface area contributed by atoms with Crippen LogP contribution in [0.3, 0.4) is 0 Å². The summed E-state index contributed by atoms with van der Waals surface area (Å²) in [4.78, 5) is 19.0. The average molecular weight is 418 g/mol. The molecule has 7 nitrogen and oxygen atoms in total. The fourth-order valence-corrected chi connectivity index (χ4v) is 4.24. The number of fused-ring (bicyclic) bond motifs is 2. The number of nitrogens with zero attached hydrogens (tertiary/aromatic N) is 2. The topological polar surface area (TPSA) is 104 Å². The van der Waals surface area contributed by atoms with Crippen LogP contribution in [0.2, 0.25) is 0 Å². The number of aromatic nitrogens is 1. The number of morpholine rings is 1. The van der Waals surface area contributed by atoms with Crippen molar-refractivity contribution in [1.29, 1.82) is 5.41 Å². The number of rotatable bonds is 7. The third kappa shape index (κ3) is 4.90. The summed E-state index contributed by atoms with van der Waals surface area (Å²) in [6.07, 6.45) is 11.4. The first-order valence-corrected chi connectivity index (χ1v) is 10.5. The molecule has 1 aromatic heterocycles. The van der Waals surface area contributed by atoms with E-state index in [0.717, 1.165) is 31.0 Å². The quantitative estimate of drug-likeness (QED) is 0.474. The van der Waals surface area contributed by atoms with E-state index in [0.29, 0.717) is 23.2 Å². The van der Waals surface area contributed by atoms with E-state index in [-0.39, 0.29) is 5.91 Å². The number of anilines is 1. The Morgan fingerprint density at radius 3 is 2.65 bits per heavy atom. The summed E-state index contributed by atoms with van der Waals surface area (Å²) in [6.45, 7) is 2.58. The van der Waals surface area contributed by atoms with Gasteiger partial charge in [-0.15, -0.1) is 0 Å². The number of carbonyl (C=O) groups is 1. The second-order valence-corrected chi connectivity index (χ2v) is 7.84. The molecule has 7 heteroatoms. The van der Waals surface area contributed by atoms with Crippen LogP contribution in [-0.4, -0.2) is 47.3 Å². The Balaban J connectivity index is 1.37. The lowest BCUT2D eigenvalue weighted by Crippen LogP contribution is -2.45. The standard InChI is InChI=1S/C24H27N5O2/c25-11-19(12-26)23-9-10-27-13-18(23)3-8-24(30)28-20-4-1-17(2-5-20)14-29-21-6-7-22(29)16-31-15-21/h1-5,8-13,21-22,25H,6-7,14-16,26H2,(H,28,30)/b8-3+,19-12?,25-11?. The molecule has 3 heterocycles. The molecule has 1 aromatic carbocycles. The van der Waals surface area contributed by atoms with Gasteiger partial charge in [0.25, 0.3) is 0 Å². The van der Waals surface area contributed by atoms with Crippen molar-refractivity contribution in [2.24, 2.45) is 5.73 Å². The van der Waals surface area contributed by atoms with Crippen LogP contribution in [0.4, 0.5) is 5.69 Å². The summed E-state index contributed by atoms with van der Waals surface area (Å²) in [7, 11) is 0. The molecule has 2 aliphatic heterocycles. The molecular formula is C24H27N5O2. The number of carbonyl (C=O) groups excluding carboxylic acids is 1. The summed E-state index contributed by atoms with van der Waals surface area (Å²) in [6, 6.07) is 10.8. The lowest BCUT2D eigenvalue weighted by atomic mass is 10.0. The molecule has 2 aromatic rings. The highest BCUT2D eigenvalue weighted by atomic mass is 16.5. The number of benzene rings is 1. The van der Waals surface area contributed by atoms with E-state index in [2.05, 4.69) is 27.3 Å². The van der Waals surface area contributed by atoms with Gasteiger partial charge < -0.3 is 21.2 Å². The maximum Gasteiger partial charge on any atom is 0.248 e. The predicted octanol–water partition coefficient (Wildman–Crippen LogP) is 3.05. The van der Waals surface area contributed by atoms with Gasteiger partial charge in [-0.1, -0.05) is 12.1 Å². The zero-order chi connectivity index (χ0) is 21.6. The highest BCUT2D eigenvalue weighted by molar-refractivity contribution is 6.10. The van der Waals surface area contributed by atoms with Crippen LogP contribution in [0.1, 0.15) is 29.5 Å². The molecule has 2 aliphatic rings. The van der Waals surface area contributed by atoms with E-state index in [1.807, 2.05) is 12.1 Å². The monoisotopic (exact) mass is 417 g/mol. The van der Waals surface area contributed by atoms with Crippen molar-refractivity contribution in [1.82, 2.24) is 9.88 Å². The number of pyridine rings is 1. The van der Waals surface area contributed by atoms with E-state index in [4.69, 9.17) is 15.9 Å². The molecule has 4 rings (SSSR count). The zero-order valence-corrected chi connectivity index (χ0v) is 17.3. The Morgan fingerprint density at radius 2 is 1.97 bits per heavy atom. The largest absolute Gasteiger partial charge is 0.404 e. The first kappa shape index (κ1) is 21.0. The fraction of sp³-hybridized carbons (Fsp3) is 0.292. The third-order valence-electron chi connectivity index (χ3n) is 5.89. The lowest BCUT2D eigenvalue weighted by Gasteiger charge is -2.34. The van der Waals surface area contributed by atoms with Gasteiger partial charge in [-0.2, -0.15) is 0 Å². The van der Waals surface area contributed by atoms with Crippen LogP contribution >= 0.6 is 0 Å². The molecular weight excluding hydrogens is 390 g/mol. The van der Waals surface area contributed by atoms with E-state index in [1.54, 1.807) is 24.5 Å². The van der Waals surface area contributed by atoms with Gasteiger partial charge in [0.15, 0.2) is 0 Å². The van der Waals surface area contributed by atoms with Crippen molar-refractivity contribution in [2.45, 2.75) is 31.5 Å². The zero-order valence-electron chi connectivity index (χ0n) is 17.3. The summed E-state index contributed by atoms with van der Waals surface area (Å²) in [5.74, 6) is -0.234. The molecule has 2 unspecified atom stereocenters. The number of ether oxygens (including phenoxy) is 1. The minimum atomic E-state index is -0.234. The van der Waals surface area contributed by atoms with Gasteiger partial charge >= 0.3 is 0 Å². The highest BCUT2D eigenvalue weighted by Crippen LogP contribution is 2.30. The van der Waals surface area contributed by atoms with E-state index >= 15 is 0 Å². The van der Waals surface area contributed by atoms with Crippen LogP contribution in [0.25, 0.3) is 11.6 Å². The average Bonchev–Trinajstić information content (AvgIpc) is 3.00. The van der Waals surface area contributed by atoms with Crippen molar-refractivity contribution in [3.63, 3.8) is 0 Å². The Labute approximate surface area is 182 Å². The number of nitrogens with one attached hydrogen (secondary N) is 2. The molecule has 160 valence electrons. The third-order valence-corrected chi connectivity index (χ3v) is 5.89. The number of hydrogen-bond acceptors (Lipinski definition) is 6. The first-order chi connectivity index (χ1) is 15.2. The van der Waals surface area contributed by atoms with Crippen molar-refractivity contribution < 1.29 is 9.53 Å². The second-order valence-electron chi connectivity index (χ2n) is 7.84. The van der Waals surface area contributed by atoms with Crippen LogP contribution < -0.4 is 11.1 Å². The van der Waals surface area contributed by atoms with Gasteiger partial charge in [-0.25, -0.2) is 0 Å². The van der Waals surface area contributed by atoms with E-state index < -0.39 is 0 Å². The molecule has 2 bridgehead atoms. The molecule has 2 atom stereocenters. The maximum atomic E-state index is 12.4. The molecule has 0 spiro atoms. The summed E-state index contributed by atoms with van der Waals surface area (Å²) in [5, 5.41) is 10.4. The molecule has 2 saturated heterocycles. The van der Waals surface area contributed by atoms with Crippen molar-refractivity contribution in [3.05, 3.63) is 71.7 Å². The SMILES string of the molecule is N=CC(=CN)c1ccncc1/C=C/C(=O)Nc1ccc(CN2C3CCC2COC3)cc1. The van der Waals surface area contributed by atoms with Crippen molar-refractivity contribution >= 4 is 29.5 Å². The minimum Gasteiger partial charge on any atom is -0.404 e. The van der Waals surface area contributed by atoms with Gasteiger partial charge in [0.2, 0.25) is 5.91 Å². The predicted molar refractivity (Wildman–Crippen MR) is 122 cm³/mol. The number of allylic oxidation sites excluding steroid dienone is 1. The molecule has 4 N–H and O–H groups in total. The first-order valence-electron chi connectivity index (χ1n) is 10.5. The molecule has 31 heavy (non-hydrogen) atoms. The second kappa shape index (κ2) is 9.68. The van der Waals surface area contributed by atoms with Crippen molar-refractivity contribution in [2.75, 3.05) is 18.5 Å². The number of amides is 1. The van der Waals surface area contributed by atoms with Gasteiger partial charge in [0.1, 0.15) is 0 Å². The van der Waals surface area contributed by atoms with Crippen LogP contribution in [0.5, 0.6) is 0 Å². The molecule has 0 saturated carbocycles. The number of hydrogen-bond donors (Lipinski definition) is 3. The highest BCUT2D eigenvalue weighted by Gasteiger charge is 2.36. The van der Waals surface area contributed by atoms with Crippen molar-refractivity contribution in [3.8, 4) is 0 Å². The molecule has 0 aliphatic carbocycles. The van der Waals surface area contributed by atoms with Gasteiger partial charge in [-0.05, 0) is 48.2 Å². The lowest BCUT2D eigenvalue weighted by molar-refractivity contribution is -0.111. The van der Waals surface area contributed by atoms with E-state index in [1.165, 1.54) is 36.9 Å².